The molecule has 1 heterocycles. The Bertz CT molecular complexity index is 415. The van der Waals surface area contributed by atoms with E-state index < -0.39 is 24.5 Å². The van der Waals surface area contributed by atoms with E-state index in [2.05, 4.69) is 20.9 Å². The smallest absolute Gasteiger partial charge is 0.309 e. The highest BCUT2D eigenvalue weighted by Gasteiger charge is 2.17. The second-order valence-corrected chi connectivity index (χ2v) is 4.08. The largest absolute Gasteiger partial charge is 0.481 e. The lowest BCUT2D eigenvalue weighted by atomic mass is 10.1. The maximum atomic E-state index is 12.4. The van der Waals surface area contributed by atoms with Gasteiger partial charge in [0.05, 0.1) is 18.0 Å². The quantitative estimate of drug-likeness (QED) is 0.869. The van der Waals surface area contributed by atoms with Gasteiger partial charge >= 0.3 is 5.97 Å². The van der Waals surface area contributed by atoms with Gasteiger partial charge in [-0.2, -0.15) is 0 Å². The number of pyridine rings is 1. The molecule has 1 aromatic heterocycles. The highest BCUT2D eigenvalue weighted by molar-refractivity contribution is 9.10. The van der Waals surface area contributed by atoms with Crippen LogP contribution in [0.3, 0.4) is 0 Å². The van der Waals surface area contributed by atoms with Gasteiger partial charge in [-0.05, 0) is 6.07 Å². The average molecular weight is 315 g/mol. The number of halogens is 4. The first-order valence-corrected chi connectivity index (χ1v) is 5.52. The lowest BCUT2D eigenvalue weighted by Crippen LogP contribution is -2.08. The topological polar surface area (TPSA) is 50.2 Å². The second-order valence-electron chi connectivity index (χ2n) is 2.96. The van der Waals surface area contributed by atoms with Gasteiger partial charge in [0.15, 0.2) is 0 Å². The minimum Gasteiger partial charge on any atom is -0.481 e. The number of aromatic nitrogens is 1. The average Bonchev–Trinajstić information content (AvgIpc) is 2.16. The van der Waals surface area contributed by atoms with Crippen molar-refractivity contribution in [1.82, 2.24) is 4.98 Å². The normalized spacial score (nSPS) is 10.8. The van der Waals surface area contributed by atoms with Gasteiger partial charge in [-0.25, -0.2) is 8.78 Å². The predicted molar refractivity (Wildman–Crippen MR) is 57.8 cm³/mol. The summed E-state index contributed by atoms with van der Waals surface area (Å²) in [6.45, 7) is 0. The van der Waals surface area contributed by atoms with Crippen LogP contribution in [0.5, 0.6) is 0 Å². The monoisotopic (exact) mass is 313 g/mol. The van der Waals surface area contributed by atoms with E-state index in [4.69, 9.17) is 16.7 Å². The third-order valence-corrected chi connectivity index (χ3v) is 2.83. The number of carbonyl (C=O) groups is 1. The van der Waals surface area contributed by atoms with Crippen LogP contribution in [-0.2, 0) is 17.1 Å². The number of aliphatic carboxylic acids is 1. The summed E-state index contributed by atoms with van der Waals surface area (Å²) in [6.07, 6.45) is -3.17. The molecule has 0 unspecified atom stereocenters. The molecule has 0 aliphatic rings. The maximum absolute atomic E-state index is 12.4. The molecule has 16 heavy (non-hydrogen) atoms. The molecule has 0 aliphatic carbocycles. The summed E-state index contributed by atoms with van der Waals surface area (Å²) in [5.74, 6) is -1.13. The molecule has 0 spiro atoms. The van der Waals surface area contributed by atoms with E-state index in [0.29, 0.717) is 10.0 Å². The van der Waals surface area contributed by atoms with Crippen molar-refractivity contribution in [3.8, 4) is 0 Å². The molecule has 0 saturated carbocycles. The van der Waals surface area contributed by atoms with Crippen LogP contribution in [0.2, 0.25) is 0 Å². The van der Waals surface area contributed by atoms with Crippen LogP contribution in [-0.4, -0.2) is 16.1 Å². The van der Waals surface area contributed by atoms with Crippen LogP contribution in [0.25, 0.3) is 0 Å². The Labute approximate surface area is 104 Å². The number of hydrogen-bond acceptors (Lipinski definition) is 2. The third-order valence-electron chi connectivity index (χ3n) is 1.85. The molecule has 1 rings (SSSR count). The van der Waals surface area contributed by atoms with E-state index in [9.17, 15) is 13.6 Å². The van der Waals surface area contributed by atoms with Gasteiger partial charge in [0, 0.05) is 10.0 Å². The number of carboxylic acid groups (broad SMARTS) is 1. The molecule has 0 aliphatic heterocycles. The zero-order valence-corrected chi connectivity index (χ0v) is 10.2. The fourth-order valence-corrected chi connectivity index (χ4v) is 2.22. The lowest BCUT2D eigenvalue weighted by molar-refractivity contribution is -0.136. The van der Waals surface area contributed by atoms with Crippen LogP contribution >= 0.6 is 27.5 Å². The van der Waals surface area contributed by atoms with Crippen LogP contribution in [0.1, 0.15) is 23.4 Å². The molecule has 0 radical (unpaired) electrons. The molecule has 1 N–H and O–H groups in total. The molecule has 3 nitrogen and oxygen atoms in total. The van der Waals surface area contributed by atoms with Gasteiger partial charge in [-0.3, -0.25) is 9.78 Å². The Morgan fingerprint density at radius 3 is 2.69 bits per heavy atom. The minimum atomic E-state index is -2.74. The molecule has 0 fully saturated rings. The van der Waals surface area contributed by atoms with Crippen molar-refractivity contribution in [2.45, 2.75) is 18.7 Å². The molecule has 88 valence electrons. The SMILES string of the molecule is O=C(O)Cc1nc(C(F)F)cc(Br)c1CCl. The number of alkyl halides is 3. The molecule has 1 aromatic rings. The lowest BCUT2D eigenvalue weighted by Gasteiger charge is -2.09. The molecular weight excluding hydrogens is 307 g/mol. The Morgan fingerprint density at radius 2 is 2.25 bits per heavy atom. The summed E-state index contributed by atoms with van der Waals surface area (Å²) >= 11 is 8.67. The molecule has 0 amide bonds. The first-order chi connectivity index (χ1) is 7.45. The fraction of sp³-hybridized carbons (Fsp3) is 0.333. The third kappa shape index (κ3) is 3.12. The van der Waals surface area contributed by atoms with Crippen molar-refractivity contribution < 1.29 is 18.7 Å². The van der Waals surface area contributed by atoms with E-state index in [0.717, 1.165) is 6.07 Å². The Kier molecular flexibility index (Phi) is 4.61. The van der Waals surface area contributed by atoms with E-state index in [1.165, 1.54) is 0 Å². The summed E-state index contributed by atoms with van der Waals surface area (Å²) in [5.41, 5.74) is 0.0256. The van der Waals surface area contributed by atoms with E-state index >= 15 is 0 Å². The number of carboxylic acids is 1. The van der Waals surface area contributed by atoms with Gasteiger partial charge in [-0.15, -0.1) is 11.6 Å². The minimum absolute atomic E-state index is 0.0136. The van der Waals surface area contributed by atoms with Gasteiger partial charge in [-0.1, -0.05) is 15.9 Å². The van der Waals surface area contributed by atoms with Gasteiger partial charge in [0.25, 0.3) is 6.43 Å². The van der Waals surface area contributed by atoms with Crippen molar-refractivity contribution in [2.24, 2.45) is 0 Å². The molecule has 0 bridgehead atoms. The number of rotatable bonds is 4. The van der Waals surface area contributed by atoms with Crippen molar-refractivity contribution in [3.05, 3.63) is 27.5 Å². The van der Waals surface area contributed by atoms with Gasteiger partial charge in [0.1, 0.15) is 5.69 Å². The van der Waals surface area contributed by atoms with Crippen LogP contribution in [0.4, 0.5) is 8.78 Å². The first kappa shape index (κ1) is 13.3. The Balaban J connectivity index is 3.24. The van der Waals surface area contributed by atoms with E-state index in [-0.39, 0.29) is 11.6 Å². The summed E-state index contributed by atoms with van der Waals surface area (Å²) in [4.78, 5) is 14.1. The Hall–Kier alpha value is -0.750. The summed E-state index contributed by atoms with van der Waals surface area (Å²) in [6, 6.07) is 1.15. The van der Waals surface area contributed by atoms with Crippen LogP contribution in [0.15, 0.2) is 10.5 Å². The zero-order chi connectivity index (χ0) is 12.3. The summed E-state index contributed by atoms with van der Waals surface area (Å²) < 4.78 is 25.2. The van der Waals surface area contributed by atoms with Crippen molar-refractivity contribution >= 4 is 33.5 Å². The van der Waals surface area contributed by atoms with Crippen LogP contribution < -0.4 is 0 Å². The summed E-state index contributed by atoms with van der Waals surface area (Å²) in [7, 11) is 0. The van der Waals surface area contributed by atoms with Gasteiger partial charge < -0.3 is 5.11 Å². The first-order valence-electron chi connectivity index (χ1n) is 4.19. The van der Waals surface area contributed by atoms with E-state index in [1.54, 1.807) is 0 Å². The maximum Gasteiger partial charge on any atom is 0.309 e. The number of nitrogens with zero attached hydrogens (tertiary/aromatic N) is 1. The zero-order valence-electron chi connectivity index (χ0n) is 7.88. The standard InChI is InChI=1S/C9H7BrClF2NO2/c10-5-1-7(9(12)13)14-6(2-8(15)16)4(5)3-11/h1,9H,2-3H2,(H,15,16). The van der Waals surface area contributed by atoms with Crippen molar-refractivity contribution in [3.63, 3.8) is 0 Å². The molecular formula is C9H7BrClF2NO2. The number of hydrogen-bond donors (Lipinski definition) is 1. The van der Waals surface area contributed by atoms with Crippen LogP contribution in [0, 0.1) is 0 Å². The molecule has 0 aromatic carbocycles. The molecule has 0 saturated heterocycles. The highest BCUT2D eigenvalue weighted by atomic mass is 79.9. The molecule has 0 atom stereocenters. The van der Waals surface area contributed by atoms with Crippen molar-refractivity contribution in [2.75, 3.05) is 0 Å². The van der Waals surface area contributed by atoms with E-state index in [1.807, 2.05) is 0 Å². The molecule has 7 heteroatoms. The van der Waals surface area contributed by atoms with Crippen molar-refractivity contribution in [1.29, 1.82) is 0 Å². The second kappa shape index (κ2) is 5.54. The summed E-state index contributed by atoms with van der Waals surface area (Å²) in [5, 5.41) is 8.62. The fourth-order valence-electron chi connectivity index (χ4n) is 1.15. The Morgan fingerprint density at radius 1 is 1.62 bits per heavy atom. The predicted octanol–water partition coefficient (Wildman–Crippen LogP) is 3.15. The highest BCUT2D eigenvalue weighted by Crippen LogP contribution is 2.27. The van der Waals surface area contributed by atoms with Gasteiger partial charge in [0.2, 0.25) is 0 Å².